The Bertz CT molecular complexity index is 1020. The molecule has 0 spiro atoms. The van der Waals surface area contributed by atoms with E-state index in [1.165, 1.54) is 99.5 Å². The molecule has 0 saturated carbocycles. The molecule has 0 aliphatic rings. The fourth-order valence-corrected chi connectivity index (χ4v) is 5.65. The summed E-state index contributed by atoms with van der Waals surface area (Å²) in [7, 11) is 0. The molecule has 0 saturated heterocycles. The summed E-state index contributed by atoms with van der Waals surface area (Å²) >= 11 is 1.57. The lowest BCUT2D eigenvalue weighted by atomic mass is 10.0. The zero-order chi connectivity index (χ0) is 26.1. The molecule has 0 aliphatic heterocycles. The van der Waals surface area contributed by atoms with Gasteiger partial charge in [-0.1, -0.05) is 121 Å². The van der Waals surface area contributed by atoms with Crippen molar-refractivity contribution in [2.45, 2.75) is 110 Å². The number of hydrogen-bond donors (Lipinski definition) is 0. The first-order chi connectivity index (χ1) is 18.2. The second-order valence-corrected chi connectivity index (χ2v) is 11.4. The smallest absolute Gasteiger partial charge is 0.353 e. The summed E-state index contributed by atoms with van der Waals surface area (Å²) in [5.41, 5.74) is 3.73. The summed E-state index contributed by atoms with van der Waals surface area (Å²) in [5, 5.41) is 0. The van der Waals surface area contributed by atoms with Crippen molar-refractivity contribution >= 4 is 17.3 Å². The molecule has 1 heterocycles. The third-order valence-electron chi connectivity index (χ3n) is 7.06. The van der Waals surface area contributed by atoms with Gasteiger partial charge in [0.1, 0.15) is 10.6 Å². The fourth-order valence-electron chi connectivity index (χ4n) is 4.72. The van der Waals surface area contributed by atoms with E-state index in [4.69, 9.17) is 4.74 Å². The van der Waals surface area contributed by atoms with Crippen LogP contribution in [0, 0.1) is 0 Å². The maximum absolute atomic E-state index is 12.7. The molecule has 0 fully saturated rings. The lowest BCUT2D eigenvalue weighted by Crippen LogP contribution is -2.06. The molecule has 0 atom stereocenters. The van der Waals surface area contributed by atoms with Crippen molar-refractivity contribution in [3.05, 3.63) is 76.0 Å². The maximum atomic E-state index is 12.7. The average molecular weight is 519 g/mol. The number of thiophene rings is 1. The summed E-state index contributed by atoms with van der Waals surface area (Å²) in [6.45, 7) is 4.52. The summed E-state index contributed by atoms with van der Waals surface area (Å²) in [6, 6.07) is 20.7. The van der Waals surface area contributed by atoms with E-state index >= 15 is 0 Å². The van der Waals surface area contributed by atoms with Crippen LogP contribution in [0.25, 0.3) is 11.1 Å². The van der Waals surface area contributed by atoms with Gasteiger partial charge in [0.2, 0.25) is 0 Å². The zero-order valence-corrected chi connectivity index (χ0v) is 23.9. The Labute approximate surface area is 229 Å². The van der Waals surface area contributed by atoms with Crippen LogP contribution in [0.4, 0.5) is 0 Å². The number of ether oxygens (including phenoxy) is 1. The molecule has 2 nitrogen and oxygen atoms in total. The molecule has 3 rings (SSSR count). The number of hydrogen-bond acceptors (Lipinski definition) is 3. The van der Waals surface area contributed by atoms with Crippen molar-refractivity contribution in [2.75, 3.05) is 0 Å². The standard InChI is InChI=1S/C34H46O2S/c1-3-5-7-9-10-11-13-15-17-32-26-27-33(37-32)34(35)36-31-24-22-30(23-25-31)29-20-18-28(19-21-29)16-14-12-8-6-4-2/h18-27H,3-17H2,1-2H3. The van der Waals surface area contributed by atoms with Crippen LogP contribution in [0.1, 0.15) is 117 Å². The van der Waals surface area contributed by atoms with Crippen molar-refractivity contribution in [2.24, 2.45) is 0 Å². The zero-order valence-electron chi connectivity index (χ0n) is 23.1. The van der Waals surface area contributed by atoms with Crippen LogP contribution in [0.3, 0.4) is 0 Å². The summed E-state index contributed by atoms with van der Waals surface area (Å²) in [4.78, 5) is 14.6. The lowest BCUT2D eigenvalue weighted by molar-refractivity contribution is 0.0740. The third kappa shape index (κ3) is 10.9. The molecule has 0 aliphatic carbocycles. The summed E-state index contributed by atoms with van der Waals surface area (Å²) < 4.78 is 5.66. The van der Waals surface area contributed by atoms with E-state index in [9.17, 15) is 4.79 Å². The van der Waals surface area contributed by atoms with Crippen LogP contribution in [0.2, 0.25) is 0 Å². The Hall–Kier alpha value is -2.39. The number of unbranched alkanes of at least 4 members (excludes halogenated alkanes) is 11. The minimum atomic E-state index is -0.261. The van der Waals surface area contributed by atoms with Gasteiger partial charge >= 0.3 is 5.97 Å². The van der Waals surface area contributed by atoms with Crippen LogP contribution in [-0.4, -0.2) is 5.97 Å². The monoisotopic (exact) mass is 518 g/mol. The van der Waals surface area contributed by atoms with Crippen molar-refractivity contribution in [1.29, 1.82) is 0 Å². The first kappa shape index (κ1) is 29.2. The van der Waals surface area contributed by atoms with Gasteiger partial charge in [-0.2, -0.15) is 0 Å². The molecule has 200 valence electrons. The van der Waals surface area contributed by atoms with Crippen LogP contribution < -0.4 is 4.74 Å². The molecule has 0 radical (unpaired) electrons. The highest BCUT2D eigenvalue weighted by atomic mass is 32.1. The molecule has 0 N–H and O–H groups in total. The van der Waals surface area contributed by atoms with E-state index in [1.807, 2.05) is 30.3 Å². The number of carbonyl (C=O) groups is 1. The molecule has 3 aromatic rings. The van der Waals surface area contributed by atoms with E-state index in [-0.39, 0.29) is 5.97 Å². The molecule has 2 aromatic carbocycles. The number of esters is 1. The molecule has 1 aromatic heterocycles. The molecule has 0 unspecified atom stereocenters. The molecular formula is C34H46O2S. The Balaban J connectivity index is 1.40. The number of carbonyl (C=O) groups excluding carboxylic acids is 1. The van der Waals surface area contributed by atoms with E-state index in [1.54, 1.807) is 11.3 Å². The van der Waals surface area contributed by atoms with Crippen molar-refractivity contribution in [1.82, 2.24) is 0 Å². The molecule has 0 bridgehead atoms. The largest absolute Gasteiger partial charge is 0.422 e. The lowest BCUT2D eigenvalue weighted by Gasteiger charge is -2.07. The Kier molecular flexibility index (Phi) is 13.5. The first-order valence-electron chi connectivity index (χ1n) is 14.7. The highest BCUT2D eigenvalue weighted by molar-refractivity contribution is 7.13. The predicted octanol–water partition coefficient (Wildman–Crippen LogP) is 10.8. The van der Waals surface area contributed by atoms with Crippen molar-refractivity contribution in [3.8, 4) is 16.9 Å². The Morgan fingerprint density at radius 1 is 0.595 bits per heavy atom. The van der Waals surface area contributed by atoms with Gasteiger partial charge in [-0.25, -0.2) is 4.79 Å². The first-order valence-corrected chi connectivity index (χ1v) is 15.5. The maximum Gasteiger partial charge on any atom is 0.353 e. The number of aryl methyl sites for hydroxylation is 2. The predicted molar refractivity (Wildman–Crippen MR) is 160 cm³/mol. The van der Waals surface area contributed by atoms with Crippen molar-refractivity contribution < 1.29 is 9.53 Å². The minimum absolute atomic E-state index is 0.261. The van der Waals surface area contributed by atoms with Gasteiger partial charge in [-0.15, -0.1) is 11.3 Å². The summed E-state index contributed by atoms with van der Waals surface area (Å²) in [6.07, 6.45) is 19.4. The Morgan fingerprint density at radius 2 is 1.11 bits per heavy atom. The topological polar surface area (TPSA) is 26.3 Å². The van der Waals surface area contributed by atoms with Crippen LogP contribution in [0.5, 0.6) is 5.75 Å². The van der Waals surface area contributed by atoms with Crippen LogP contribution in [0.15, 0.2) is 60.7 Å². The number of rotatable bonds is 18. The normalized spacial score (nSPS) is 11.1. The van der Waals surface area contributed by atoms with E-state index in [0.717, 1.165) is 18.4 Å². The van der Waals surface area contributed by atoms with Crippen molar-refractivity contribution in [3.63, 3.8) is 0 Å². The van der Waals surface area contributed by atoms with Gasteiger partial charge < -0.3 is 4.74 Å². The molecular weight excluding hydrogens is 472 g/mol. The SMILES string of the molecule is CCCCCCCCCCc1ccc(C(=O)Oc2ccc(-c3ccc(CCCCCCC)cc3)cc2)s1. The van der Waals surface area contributed by atoms with E-state index in [2.05, 4.69) is 44.2 Å². The molecule has 37 heavy (non-hydrogen) atoms. The quantitative estimate of drug-likeness (QED) is 0.0950. The van der Waals surface area contributed by atoms with Gasteiger partial charge in [0, 0.05) is 4.88 Å². The average Bonchev–Trinajstić information content (AvgIpc) is 3.40. The molecule has 3 heteroatoms. The van der Waals surface area contributed by atoms with E-state index < -0.39 is 0 Å². The van der Waals surface area contributed by atoms with E-state index in [0.29, 0.717) is 10.6 Å². The van der Waals surface area contributed by atoms with Gasteiger partial charge in [0.25, 0.3) is 0 Å². The van der Waals surface area contributed by atoms with Crippen LogP contribution in [-0.2, 0) is 12.8 Å². The second-order valence-electron chi connectivity index (χ2n) is 10.3. The molecule has 0 amide bonds. The van der Waals surface area contributed by atoms with Gasteiger partial charge in [0.15, 0.2) is 0 Å². The van der Waals surface area contributed by atoms with Gasteiger partial charge in [-0.05, 0) is 66.6 Å². The highest BCUT2D eigenvalue weighted by Gasteiger charge is 2.12. The van der Waals surface area contributed by atoms with Gasteiger partial charge in [0.05, 0.1) is 0 Å². The summed E-state index contributed by atoms with van der Waals surface area (Å²) in [5.74, 6) is 0.332. The third-order valence-corrected chi connectivity index (χ3v) is 8.19. The van der Waals surface area contributed by atoms with Crippen LogP contribution >= 0.6 is 11.3 Å². The second kappa shape index (κ2) is 17.2. The fraction of sp³-hybridized carbons (Fsp3) is 0.500. The minimum Gasteiger partial charge on any atom is -0.422 e. The Morgan fingerprint density at radius 3 is 1.70 bits per heavy atom. The number of benzene rings is 2. The highest BCUT2D eigenvalue weighted by Crippen LogP contribution is 2.25. The van der Waals surface area contributed by atoms with Gasteiger partial charge in [-0.3, -0.25) is 0 Å².